The zero-order chi connectivity index (χ0) is 14.0. The van der Waals surface area contributed by atoms with Gasteiger partial charge in [-0.05, 0) is 25.1 Å². The van der Waals surface area contributed by atoms with Crippen molar-refractivity contribution in [3.8, 4) is 0 Å². The molecule has 0 unspecified atom stereocenters. The molecule has 19 heavy (non-hydrogen) atoms. The van der Waals surface area contributed by atoms with Crippen LogP contribution in [0.1, 0.15) is 11.3 Å². The predicted octanol–water partition coefficient (Wildman–Crippen LogP) is 3.34. The van der Waals surface area contributed by atoms with E-state index in [1.807, 2.05) is 21.0 Å². The number of nitrogens with one attached hydrogen (secondary N) is 1. The Labute approximate surface area is 115 Å². The van der Waals surface area contributed by atoms with Crippen LogP contribution in [0.2, 0.25) is 0 Å². The smallest absolute Gasteiger partial charge is 0.159 e. The molecule has 0 saturated carbocycles. The summed E-state index contributed by atoms with van der Waals surface area (Å²) in [7, 11) is 3.70. The molecule has 1 aromatic heterocycles. The minimum atomic E-state index is -0.821. The van der Waals surface area contributed by atoms with Crippen LogP contribution in [0, 0.1) is 18.6 Å². The minimum Gasteiger partial charge on any atom is -0.373 e. The van der Waals surface area contributed by atoms with Gasteiger partial charge in [0.25, 0.3) is 0 Å². The largest absolute Gasteiger partial charge is 0.373 e. The van der Waals surface area contributed by atoms with E-state index in [9.17, 15) is 8.78 Å². The van der Waals surface area contributed by atoms with Gasteiger partial charge < -0.3 is 5.32 Å². The second-order valence-electron chi connectivity index (χ2n) is 4.15. The van der Waals surface area contributed by atoms with Gasteiger partial charge in [0.2, 0.25) is 0 Å². The molecule has 0 bridgehead atoms. The monoisotopic (exact) mass is 283 g/mol. The van der Waals surface area contributed by atoms with Gasteiger partial charge in [0.05, 0.1) is 5.69 Å². The molecule has 3 nitrogen and oxygen atoms in total. The number of aromatic nitrogens is 2. The average molecular weight is 283 g/mol. The van der Waals surface area contributed by atoms with Gasteiger partial charge in [0.15, 0.2) is 11.6 Å². The number of hydrogen-bond donors (Lipinski definition) is 1. The number of anilines is 1. The molecule has 0 amide bonds. The summed E-state index contributed by atoms with van der Waals surface area (Å²) in [6.07, 6.45) is 0. The Morgan fingerprint density at radius 2 is 2.05 bits per heavy atom. The number of nitrogens with zero attached hydrogens (tertiary/aromatic N) is 2. The van der Waals surface area contributed by atoms with Crippen LogP contribution in [0.5, 0.6) is 0 Å². The highest BCUT2D eigenvalue weighted by atomic mass is 32.2. The molecule has 2 aromatic rings. The van der Waals surface area contributed by atoms with E-state index in [0.29, 0.717) is 10.6 Å². The zero-order valence-electron chi connectivity index (χ0n) is 11.0. The highest BCUT2D eigenvalue weighted by molar-refractivity contribution is 7.98. The van der Waals surface area contributed by atoms with Gasteiger partial charge in [0.1, 0.15) is 5.82 Å². The molecule has 0 radical (unpaired) electrons. The van der Waals surface area contributed by atoms with Crippen LogP contribution in [0.25, 0.3) is 0 Å². The van der Waals surface area contributed by atoms with Crippen LogP contribution in [-0.2, 0) is 12.8 Å². The molecular weight excluding hydrogens is 268 g/mol. The molecule has 2 rings (SSSR count). The zero-order valence-corrected chi connectivity index (χ0v) is 11.8. The average Bonchev–Trinajstić information content (AvgIpc) is 2.64. The number of aryl methyl sites for hydroxylation is 2. The van der Waals surface area contributed by atoms with Crippen LogP contribution in [-0.4, -0.2) is 16.8 Å². The lowest BCUT2D eigenvalue weighted by molar-refractivity contribution is 0.506. The normalized spacial score (nSPS) is 10.8. The number of halogens is 2. The Morgan fingerprint density at radius 1 is 1.32 bits per heavy atom. The molecule has 1 heterocycles. The Morgan fingerprint density at radius 3 is 2.68 bits per heavy atom. The van der Waals surface area contributed by atoms with Crippen molar-refractivity contribution in [3.05, 3.63) is 41.1 Å². The first-order valence-electron chi connectivity index (χ1n) is 5.81. The van der Waals surface area contributed by atoms with Crippen molar-refractivity contribution in [2.24, 2.45) is 7.05 Å². The maximum atomic E-state index is 13.1. The quantitative estimate of drug-likeness (QED) is 0.873. The Hall–Kier alpha value is -1.56. The topological polar surface area (TPSA) is 29.9 Å². The van der Waals surface area contributed by atoms with Crippen molar-refractivity contribution in [1.82, 2.24) is 9.78 Å². The minimum absolute atomic E-state index is 0.654. The summed E-state index contributed by atoms with van der Waals surface area (Å²) in [5.41, 5.74) is 2.00. The number of thioether (sulfide) groups is 1. The third-order valence-electron chi connectivity index (χ3n) is 2.86. The maximum Gasteiger partial charge on any atom is 0.159 e. The first-order chi connectivity index (χ1) is 9.02. The Balaban J connectivity index is 2.16. The molecular formula is C13H15F2N3S. The standard InChI is InChI=1S/C13H15F2N3S/c1-8-10(13(16-2)18(3)17-8)7-19-9-4-5-11(14)12(15)6-9/h4-6,16H,7H2,1-3H3. The van der Waals surface area contributed by atoms with Crippen molar-refractivity contribution >= 4 is 17.6 Å². The van der Waals surface area contributed by atoms with E-state index in [0.717, 1.165) is 23.1 Å². The summed E-state index contributed by atoms with van der Waals surface area (Å²) in [4.78, 5) is 0.698. The second-order valence-corrected chi connectivity index (χ2v) is 5.20. The molecule has 0 atom stereocenters. The molecule has 0 aliphatic carbocycles. The third kappa shape index (κ3) is 2.89. The fourth-order valence-corrected chi connectivity index (χ4v) is 2.92. The fraction of sp³-hybridized carbons (Fsp3) is 0.308. The first-order valence-corrected chi connectivity index (χ1v) is 6.79. The molecule has 1 N–H and O–H groups in total. The van der Waals surface area contributed by atoms with Gasteiger partial charge >= 0.3 is 0 Å². The summed E-state index contributed by atoms with van der Waals surface area (Å²) < 4.78 is 27.7. The van der Waals surface area contributed by atoms with Gasteiger partial charge in [-0.15, -0.1) is 11.8 Å². The maximum absolute atomic E-state index is 13.1. The van der Waals surface area contributed by atoms with Crippen LogP contribution in [0.3, 0.4) is 0 Å². The molecule has 0 spiro atoms. The lowest BCUT2D eigenvalue weighted by Crippen LogP contribution is -2.00. The fourth-order valence-electron chi connectivity index (χ4n) is 1.91. The van der Waals surface area contributed by atoms with E-state index in [1.165, 1.54) is 17.8 Å². The SMILES string of the molecule is CNc1c(CSc2ccc(F)c(F)c2)c(C)nn1C. The van der Waals surface area contributed by atoms with Crippen molar-refractivity contribution < 1.29 is 8.78 Å². The van der Waals surface area contributed by atoms with E-state index >= 15 is 0 Å². The van der Waals surface area contributed by atoms with Gasteiger partial charge in [0, 0.05) is 30.3 Å². The summed E-state index contributed by atoms with van der Waals surface area (Å²) in [6, 6.07) is 3.94. The molecule has 6 heteroatoms. The van der Waals surface area contributed by atoms with Crippen molar-refractivity contribution in [1.29, 1.82) is 0 Å². The summed E-state index contributed by atoms with van der Waals surface area (Å²) in [6.45, 7) is 1.93. The molecule has 0 aliphatic rings. The lowest BCUT2D eigenvalue weighted by atomic mass is 10.3. The number of rotatable bonds is 4. The molecule has 0 fully saturated rings. The van der Waals surface area contributed by atoms with Crippen LogP contribution in [0.4, 0.5) is 14.6 Å². The van der Waals surface area contributed by atoms with Gasteiger partial charge in [-0.3, -0.25) is 4.68 Å². The predicted molar refractivity (Wildman–Crippen MR) is 73.4 cm³/mol. The van der Waals surface area contributed by atoms with Gasteiger partial charge in [-0.25, -0.2) is 8.78 Å². The van der Waals surface area contributed by atoms with E-state index in [4.69, 9.17) is 0 Å². The lowest BCUT2D eigenvalue weighted by Gasteiger charge is -2.06. The Bertz CT molecular complexity index is 596. The highest BCUT2D eigenvalue weighted by Crippen LogP contribution is 2.29. The molecule has 0 aliphatic heterocycles. The van der Waals surface area contributed by atoms with Crippen molar-refractivity contribution in [3.63, 3.8) is 0 Å². The second kappa shape index (κ2) is 5.61. The summed E-state index contributed by atoms with van der Waals surface area (Å²) >= 11 is 1.45. The van der Waals surface area contributed by atoms with Gasteiger partial charge in [-0.2, -0.15) is 5.10 Å². The number of hydrogen-bond acceptors (Lipinski definition) is 3. The van der Waals surface area contributed by atoms with Crippen molar-refractivity contribution in [2.45, 2.75) is 17.6 Å². The van der Waals surface area contributed by atoms with Gasteiger partial charge in [-0.1, -0.05) is 0 Å². The third-order valence-corrected chi connectivity index (χ3v) is 3.88. The molecule has 102 valence electrons. The first kappa shape index (κ1) is 13.9. The van der Waals surface area contributed by atoms with Crippen LogP contribution < -0.4 is 5.32 Å². The summed E-state index contributed by atoms with van der Waals surface area (Å²) in [5.74, 6) is -0.0480. The van der Waals surface area contributed by atoms with E-state index in [-0.39, 0.29) is 0 Å². The van der Waals surface area contributed by atoms with E-state index in [1.54, 1.807) is 10.7 Å². The van der Waals surface area contributed by atoms with Crippen molar-refractivity contribution in [2.75, 3.05) is 12.4 Å². The highest BCUT2D eigenvalue weighted by Gasteiger charge is 2.12. The number of benzene rings is 1. The summed E-state index contributed by atoms with van der Waals surface area (Å²) in [5, 5.41) is 7.43. The van der Waals surface area contributed by atoms with E-state index in [2.05, 4.69) is 10.4 Å². The van der Waals surface area contributed by atoms with E-state index < -0.39 is 11.6 Å². The molecule has 1 aromatic carbocycles. The van der Waals surface area contributed by atoms with Crippen LogP contribution in [0.15, 0.2) is 23.1 Å². The Kier molecular flexibility index (Phi) is 4.09. The molecule has 0 saturated heterocycles. The van der Waals surface area contributed by atoms with Crippen LogP contribution >= 0.6 is 11.8 Å².